The summed E-state index contributed by atoms with van der Waals surface area (Å²) >= 11 is 0. The van der Waals surface area contributed by atoms with Gasteiger partial charge in [0.1, 0.15) is 0 Å². The van der Waals surface area contributed by atoms with E-state index in [1.165, 1.54) is 60.1 Å². The van der Waals surface area contributed by atoms with Gasteiger partial charge in [-0.25, -0.2) is 4.98 Å². The van der Waals surface area contributed by atoms with Crippen molar-refractivity contribution in [1.29, 1.82) is 0 Å². The van der Waals surface area contributed by atoms with Gasteiger partial charge in [0.2, 0.25) is 5.95 Å². The van der Waals surface area contributed by atoms with E-state index in [-0.39, 0.29) is 10.8 Å². The van der Waals surface area contributed by atoms with Crippen LogP contribution in [0.15, 0.2) is 224 Å². The number of rotatable bonds is 8. The zero-order valence-corrected chi connectivity index (χ0v) is 41.5. The van der Waals surface area contributed by atoms with E-state index in [1.807, 2.05) is 0 Å². The third kappa shape index (κ3) is 6.76. The molecular weight excluding hydrogens is 879 g/mol. The van der Waals surface area contributed by atoms with E-state index in [4.69, 9.17) is 15.0 Å². The summed E-state index contributed by atoms with van der Waals surface area (Å²) in [7, 11) is -3.03. The fraction of sp³-hybridized carbons (Fsp3) is 0.123. The first kappa shape index (κ1) is 42.9. The maximum atomic E-state index is 5.62. The largest absolute Gasteiger partial charge is 0.309 e. The van der Waals surface area contributed by atoms with E-state index >= 15 is 0 Å². The lowest BCUT2D eigenvalue weighted by molar-refractivity contribution is 0.332. The molecule has 0 N–H and O–H groups in total. The van der Waals surface area contributed by atoms with Crippen LogP contribution >= 0.6 is 0 Å². The zero-order chi connectivity index (χ0) is 47.9. The Balaban J connectivity index is 1.09. The molecule has 3 heterocycles. The Labute approximate surface area is 415 Å². The fourth-order valence-electron chi connectivity index (χ4n) is 12.0. The molecule has 1 aliphatic rings. The number of nitrogens with zero attached hydrogens (tertiary/aromatic N) is 5. The van der Waals surface area contributed by atoms with Crippen molar-refractivity contribution in [3.05, 3.63) is 236 Å². The summed E-state index contributed by atoms with van der Waals surface area (Å²) < 4.78 is 4.68. The summed E-state index contributed by atoms with van der Waals surface area (Å²) in [5.74, 6) is 1.80. The molecule has 342 valence electrons. The van der Waals surface area contributed by atoms with Crippen molar-refractivity contribution in [3.63, 3.8) is 0 Å². The highest BCUT2D eigenvalue weighted by atomic mass is 28.3. The van der Waals surface area contributed by atoms with Crippen molar-refractivity contribution >= 4 is 72.4 Å². The molecule has 0 amide bonds. The average molecular weight is 932 g/mol. The lowest BCUT2D eigenvalue weighted by Gasteiger charge is -2.42. The molecule has 0 saturated carbocycles. The molecule has 13 rings (SSSR count). The Morgan fingerprint density at radius 3 is 1.42 bits per heavy atom. The van der Waals surface area contributed by atoms with Crippen molar-refractivity contribution in [1.82, 2.24) is 24.1 Å². The van der Waals surface area contributed by atoms with E-state index in [0.717, 1.165) is 45.0 Å². The Hall–Kier alpha value is -8.19. The van der Waals surface area contributed by atoms with Crippen LogP contribution in [0.2, 0.25) is 0 Å². The summed E-state index contributed by atoms with van der Waals surface area (Å²) in [5, 5.41) is 9.91. The number of hydrogen-bond acceptors (Lipinski definition) is 3. The lowest BCUT2D eigenvalue weighted by atomic mass is 9.63. The third-order valence-corrected chi connectivity index (χ3v) is 20.4. The second-order valence-corrected chi connectivity index (χ2v) is 24.4. The minimum absolute atomic E-state index is 0.0605. The molecule has 6 heteroatoms. The van der Waals surface area contributed by atoms with Crippen LogP contribution in [-0.2, 0) is 10.8 Å². The molecule has 0 atom stereocenters. The summed E-state index contributed by atoms with van der Waals surface area (Å²) in [6.45, 7) is 9.66. The summed E-state index contributed by atoms with van der Waals surface area (Å²) in [4.78, 5) is 16.7. The second-order valence-electron chi connectivity index (χ2n) is 20.6. The Bertz CT molecular complexity index is 3850. The molecular formula is C65H53N5Si. The minimum Gasteiger partial charge on any atom is -0.309 e. The molecule has 0 bridgehead atoms. The monoisotopic (exact) mass is 931 g/mol. The van der Waals surface area contributed by atoms with Crippen molar-refractivity contribution in [2.45, 2.75) is 51.4 Å². The number of aromatic nitrogens is 5. The number of benzene rings is 9. The van der Waals surface area contributed by atoms with Gasteiger partial charge < -0.3 is 4.57 Å². The van der Waals surface area contributed by atoms with Crippen molar-refractivity contribution < 1.29 is 0 Å². The van der Waals surface area contributed by atoms with Gasteiger partial charge in [0.05, 0.1) is 22.1 Å². The van der Waals surface area contributed by atoms with E-state index in [9.17, 15) is 0 Å². The first-order chi connectivity index (χ1) is 34.7. The molecule has 0 spiro atoms. The highest BCUT2D eigenvalue weighted by Crippen LogP contribution is 2.48. The molecule has 0 fully saturated rings. The highest BCUT2D eigenvalue weighted by Gasteiger charge is 2.43. The Morgan fingerprint density at radius 1 is 0.380 bits per heavy atom. The summed E-state index contributed by atoms with van der Waals surface area (Å²) in [5.41, 5.74) is 10.5. The van der Waals surface area contributed by atoms with Crippen LogP contribution in [0.5, 0.6) is 0 Å². The molecule has 0 unspecified atom stereocenters. The molecule has 9 aromatic carbocycles. The van der Waals surface area contributed by atoms with Crippen LogP contribution < -0.4 is 20.7 Å². The predicted octanol–water partition coefficient (Wildman–Crippen LogP) is 13.1. The molecule has 0 saturated heterocycles. The van der Waals surface area contributed by atoms with Gasteiger partial charge in [-0.2, -0.15) is 9.97 Å². The van der Waals surface area contributed by atoms with Crippen LogP contribution in [-0.4, -0.2) is 32.2 Å². The van der Waals surface area contributed by atoms with Crippen molar-refractivity contribution in [2.75, 3.05) is 0 Å². The third-order valence-electron chi connectivity index (χ3n) is 15.6. The number of hydrogen-bond donors (Lipinski definition) is 0. The molecule has 3 aromatic heterocycles. The lowest BCUT2D eigenvalue weighted by Crippen LogP contribution is -2.75. The SMILES string of the molecule is CC1(C)CCC(C)(C)c2cc3c(cc21)c1ccccc1n3-c1cccc(-c2nc(-c3ccccc3[Si](c3ccccc3)(c3ccccc3)c3ccccc3)nc(-n3c4ccccc4c4ccccc43)n2)c1. The van der Waals surface area contributed by atoms with Crippen LogP contribution in [0.25, 0.3) is 78.0 Å². The predicted molar refractivity (Wildman–Crippen MR) is 298 cm³/mol. The Morgan fingerprint density at radius 2 is 0.845 bits per heavy atom. The Kier molecular flexibility index (Phi) is 9.94. The maximum Gasteiger partial charge on any atom is 0.238 e. The number of fused-ring (bicyclic) bond motifs is 7. The topological polar surface area (TPSA) is 48.5 Å². The van der Waals surface area contributed by atoms with Crippen LogP contribution in [0.3, 0.4) is 0 Å². The summed E-state index contributed by atoms with van der Waals surface area (Å²) in [6, 6.07) is 82.0. The zero-order valence-electron chi connectivity index (χ0n) is 40.5. The van der Waals surface area contributed by atoms with Gasteiger partial charge in [-0.15, -0.1) is 0 Å². The van der Waals surface area contributed by atoms with Gasteiger partial charge in [-0.3, -0.25) is 4.57 Å². The average Bonchev–Trinajstić information content (AvgIpc) is 3.94. The van der Waals surface area contributed by atoms with E-state index in [0.29, 0.717) is 17.6 Å². The quantitative estimate of drug-likeness (QED) is 0.113. The molecule has 5 nitrogen and oxygen atoms in total. The van der Waals surface area contributed by atoms with Gasteiger partial charge in [-0.05, 0) is 98.0 Å². The molecule has 12 aromatic rings. The van der Waals surface area contributed by atoms with Crippen LogP contribution in [0.4, 0.5) is 0 Å². The van der Waals surface area contributed by atoms with Crippen molar-refractivity contribution in [3.8, 4) is 34.4 Å². The van der Waals surface area contributed by atoms with Gasteiger partial charge in [0.15, 0.2) is 19.7 Å². The van der Waals surface area contributed by atoms with E-state index in [2.05, 4.69) is 261 Å². The summed E-state index contributed by atoms with van der Waals surface area (Å²) in [6.07, 6.45) is 2.32. The van der Waals surface area contributed by atoms with Crippen molar-refractivity contribution in [2.24, 2.45) is 0 Å². The number of para-hydroxylation sites is 3. The first-order valence-corrected chi connectivity index (χ1v) is 26.9. The van der Waals surface area contributed by atoms with Crippen LogP contribution in [0, 0.1) is 0 Å². The van der Waals surface area contributed by atoms with Gasteiger partial charge >= 0.3 is 0 Å². The van der Waals surface area contributed by atoms with E-state index in [1.54, 1.807) is 0 Å². The molecule has 71 heavy (non-hydrogen) atoms. The second kappa shape index (κ2) is 16.5. The minimum atomic E-state index is -3.03. The fourth-order valence-corrected chi connectivity index (χ4v) is 16.9. The van der Waals surface area contributed by atoms with Gasteiger partial charge in [0.25, 0.3) is 0 Å². The normalized spacial score (nSPS) is 14.3. The van der Waals surface area contributed by atoms with E-state index < -0.39 is 8.07 Å². The first-order valence-electron chi connectivity index (χ1n) is 24.9. The molecule has 0 radical (unpaired) electrons. The van der Waals surface area contributed by atoms with Crippen LogP contribution in [0.1, 0.15) is 51.7 Å². The van der Waals surface area contributed by atoms with Gasteiger partial charge in [-0.1, -0.05) is 210 Å². The molecule has 1 aliphatic carbocycles. The maximum absolute atomic E-state index is 5.62. The standard InChI is InChI=1S/C65H53N5Si/c1-64(2)39-40-65(3,4)55-43-59-53(42-54(55)64)51-33-16-18-35-56(51)69(59)45-24-22-23-44(41-45)61-66-62(68-63(67-61)70-57-36-19-14-31-49(57)50-32-15-20-37-58(50)70)52-34-17-21-38-60(52)71(46-25-8-5-9-26-46,47-27-10-6-11-28-47)48-29-12-7-13-30-48/h5-38,41-43H,39-40H2,1-4H3. The highest BCUT2D eigenvalue weighted by molar-refractivity contribution is 7.20. The van der Waals surface area contributed by atoms with Gasteiger partial charge in [0, 0.05) is 38.4 Å². The smallest absolute Gasteiger partial charge is 0.238 e. The molecule has 0 aliphatic heterocycles.